The van der Waals surface area contributed by atoms with Crippen LogP contribution in [0, 0.1) is 0 Å². The molecular formula is C24H28F3N5O4S. The highest BCUT2D eigenvalue weighted by Crippen LogP contribution is 2.38. The van der Waals surface area contributed by atoms with Crippen LogP contribution in [-0.2, 0) is 14.8 Å². The maximum atomic E-state index is 13.2. The molecule has 1 atom stereocenters. The van der Waals surface area contributed by atoms with E-state index in [-0.39, 0.29) is 17.4 Å². The van der Waals surface area contributed by atoms with Crippen LogP contribution in [0.1, 0.15) is 33.6 Å². The van der Waals surface area contributed by atoms with Crippen LogP contribution < -0.4 is 14.9 Å². The third-order valence-electron chi connectivity index (χ3n) is 5.74. The quantitative estimate of drug-likeness (QED) is 0.472. The fourth-order valence-corrected chi connectivity index (χ4v) is 4.77. The molecule has 13 heteroatoms. The Bertz CT molecular complexity index is 1390. The van der Waals surface area contributed by atoms with Gasteiger partial charge in [-0.05, 0) is 70.5 Å². The van der Waals surface area contributed by atoms with E-state index in [1.54, 1.807) is 55.8 Å². The first-order chi connectivity index (χ1) is 17.3. The van der Waals surface area contributed by atoms with Crippen LogP contribution >= 0.6 is 0 Å². The molecule has 2 N–H and O–H groups in total. The number of alkyl halides is 3. The number of hydrogen-bond donors (Lipinski definition) is 2. The van der Waals surface area contributed by atoms with E-state index in [0.29, 0.717) is 23.1 Å². The zero-order chi connectivity index (χ0) is 27.0. The fourth-order valence-electron chi connectivity index (χ4n) is 4.19. The van der Waals surface area contributed by atoms with Crippen LogP contribution in [-0.4, -0.2) is 54.5 Å². The molecule has 0 aliphatic carbocycles. The maximum absolute atomic E-state index is 13.2. The van der Waals surface area contributed by atoms with Crippen molar-refractivity contribution in [3.63, 3.8) is 0 Å². The van der Waals surface area contributed by atoms with E-state index in [2.05, 4.69) is 10.4 Å². The summed E-state index contributed by atoms with van der Waals surface area (Å²) in [5.74, 6) is 0. The van der Waals surface area contributed by atoms with E-state index in [9.17, 15) is 26.4 Å². The van der Waals surface area contributed by atoms with Gasteiger partial charge in [-0.2, -0.15) is 31.4 Å². The Morgan fingerprint density at radius 2 is 1.92 bits per heavy atom. The summed E-state index contributed by atoms with van der Waals surface area (Å²) in [7, 11) is -5.63. The third kappa shape index (κ3) is 5.82. The van der Waals surface area contributed by atoms with E-state index in [1.807, 2.05) is 4.90 Å². The summed E-state index contributed by atoms with van der Waals surface area (Å²) in [4.78, 5) is 14.4. The molecule has 1 fully saturated rings. The molecule has 3 aromatic rings. The van der Waals surface area contributed by atoms with Crippen LogP contribution in [0.3, 0.4) is 0 Å². The SMILES string of the molecule is CC(C)(C)OC(=O)n1ncc2cc(N(c3ccccc3NS(=O)(=O)C(F)(F)F)C3CCCNC3)ccc21. The standard InChI is InChI=1S/C24H28F3N5O4S/c1-23(2,3)36-22(33)32-20-11-10-17(13-16(20)14-29-32)31(18-7-6-12-28-15-18)21-9-5-4-8-19(21)30-37(34,35)24(25,26)27/h4-5,8-11,13-14,18,28,30H,6-7,12,15H2,1-3H3. The summed E-state index contributed by atoms with van der Waals surface area (Å²) >= 11 is 0. The van der Waals surface area contributed by atoms with Gasteiger partial charge in [0.15, 0.2) is 0 Å². The molecular weight excluding hydrogens is 511 g/mol. The Labute approximate surface area is 212 Å². The number of nitrogens with one attached hydrogen (secondary N) is 2. The fraction of sp³-hybridized carbons (Fsp3) is 0.417. The van der Waals surface area contributed by atoms with Crippen molar-refractivity contribution in [3.8, 4) is 0 Å². The van der Waals surface area contributed by atoms with Crippen LogP contribution in [0.2, 0.25) is 0 Å². The van der Waals surface area contributed by atoms with Crippen LogP contribution in [0.25, 0.3) is 10.9 Å². The first-order valence-corrected chi connectivity index (χ1v) is 13.1. The number of carbonyl (C=O) groups excluding carboxylic acids is 1. The molecule has 0 radical (unpaired) electrons. The van der Waals surface area contributed by atoms with Crippen molar-refractivity contribution < 1.29 is 31.1 Å². The van der Waals surface area contributed by atoms with Gasteiger partial charge in [-0.15, -0.1) is 0 Å². The molecule has 0 spiro atoms. The van der Waals surface area contributed by atoms with E-state index < -0.39 is 27.2 Å². The number of nitrogens with zero attached hydrogens (tertiary/aromatic N) is 3. The summed E-state index contributed by atoms with van der Waals surface area (Å²) in [6, 6.07) is 10.9. The number of anilines is 3. The lowest BCUT2D eigenvalue weighted by atomic mass is 10.0. The largest absolute Gasteiger partial charge is 0.516 e. The van der Waals surface area contributed by atoms with E-state index in [0.717, 1.165) is 24.1 Å². The average molecular weight is 540 g/mol. The van der Waals surface area contributed by atoms with Crippen molar-refractivity contribution in [2.75, 3.05) is 22.7 Å². The third-order valence-corrected chi connectivity index (χ3v) is 6.84. The Balaban J connectivity index is 1.78. The molecule has 1 aliphatic rings. The summed E-state index contributed by atoms with van der Waals surface area (Å²) in [5.41, 5.74) is -5.02. The highest BCUT2D eigenvalue weighted by molar-refractivity contribution is 7.93. The maximum Gasteiger partial charge on any atom is 0.516 e. The van der Waals surface area contributed by atoms with E-state index in [4.69, 9.17) is 4.74 Å². The number of halogens is 3. The van der Waals surface area contributed by atoms with Crippen molar-refractivity contribution in [2.45, 2.75) is 50.8 Å². The summed E-state index contributed by atoms with van der Waals surface area (Å²) < 4.78 is 71.6. The highest BCUT2D eigenvalue weighted by Gasteiger charge is 2.46. The molecule has 1 unspecified atom stereocenters. The number of para-hydroxylation sites is 2. The van der Waals surface area contributed by atoms with E-state index >= 15 is 0 Å². The zero-order valence-corrected chi connectivity index (χ0v) is 21.4. The van der Waals surface area contributed by atoms with Crippen molar-refractivity contribution >= 4 is 44.1 Å². The molecule has 2 heterocycles. The second-order valence-corrected chi connectivity index (χ2v) is 11.4. The lowest BCUT2D eigenvalue weighted by Crippen LogP contribution is -2.44. The number of hydrogen-bond acceptors (Lipinski definition) is 7. The molecule has 2 aromatic carbocycles. The molecule has 0 saturated carbocycles. The molecule has 0 amide bonds. The average Bonchev–Trinajstić information content (AvgIpc) is 3.23. The Hall–Kier alpha value is -3.32. The lowest BCUT2D eigenvalue weighted by molar-refractivity contribution is -0.0429. The Morgan fingerprint density at radius 1 is 1.19 bits per heavy atom. The summed E-state index contributed by atoms with van der Waals surface area (Å²) in [5, 5.41) is 8.04. The Kier molecular flexibility index (Phi) is 7.12. The molecule has 0 bridgehead atoms. The smallest absolute Gasteiger partial charge is 0.442 e. The van der Waals surface area contributed by atoms with Gasteiger partial charge in [-0.3, -0.25) is 4.72 Å². The molecule has 1 saturated heterocycles. The molecule has 37 heavy (non-hydrogen) atoms. The van der Waals surface area contributed by atoms with Gasteiger partial charge in [0.1, 0.15) is 5.60 Å². The van der Waals surface area contributed by atoms with Gasteiger partial charge in [0.25, 0.3) is 0 Å². The second kappa shape index (κ2) is 9.86. The number of piperidine rings is 1. The van der Waals surface area contributed by atoms with Gasteiger partial charge in [-0.1, -0.05) is 12.1 Å². The number of benzene rings is 2. The van der Waals surface area contributed by atoms with Gasteiger partial charge < -0.3 is 15.0 Å². The molecule has 1 aliphatic heterocycles. The predicted molar refractivity (Wildman–Crippen MR) is 134 cm³/mol. The minimum atomic E-state index is -5.63. The van der Waals surface area contributed by atoms with Crippen molar-refractivity contribution in [2.24, 2.45) is 0 Å². The summed E-state index contributed by atoms with van der Waals surface area (Å²) in [6.45, 7) is 6.57. The van der Waals surface area contributed by atoms with Crippen LogP contribution in [0.5, 0.6) is 0 Å². The zero-order valence-electron chi connectivity index (χ0n) is 20.5. The molecule has 4 rings (SSSR count). The number of ether oxygens (including phenoxy) is 1. The second-order valence-electron chi connectivity index (χ2n) is 9.72. The first-order valence-electron chi connectivity index (χ1n) is 11.7. The van der Waals surface area contributed by atoms with E-state index in [1.165, 1.54) is 18.3 Å². The van der Waals surface area contributed by atoms with Gasteiger partial charge >= 0.3 is 21.6 Å². The monoisotopic (exact) mass is 539 g/mol. The van der Waals surface area contributed by atoms with Crippen molar-refractivity contribution in [3.05, 3.63) is 48.7 Å². The number of rotatable bonds is 5. The van der Waals surface area contributed by atoms with Crippen molar-refractivity contribution in [1.29, 1.82) is 0 Å². The highest BCUT2D eigenvalue weighted by atomic mass is 32.2. The summed E-state index contributed by atoms with van der Waals surface area (Å²) in [6.07, 6.45) is 2.41. The first kappa shape index (κ1) is 26.7. The molecule has 9 nitrogen and oxygen atoms in total. The van der Waals surface area contributed by atoms with Crippen molar-refractivity contribution in [1.82, 2.24) is 15.1 Å². The molecule has 200 valence electrons. The molecule has 1 aromatic heterocycles. The van der Waals surface area contributed by atoms with Crippen LogP contribution in [0.4, 0.5) is 35.0 Å². The predicted octanol–water partition coefficient (Wildman–Crippen LogP) is 4.97. The lowest BCUT2D eigenvalue weighted by Gasteiger charge is -2.37. The van der Waals surface area contributed by atoms with Crippen LogP contribution in [0.15, 0.2) is 48.7 Å². The van der Waals surface area contributed by atoms with Gasteiger partial charge in [0, 0.05) is 23.7 Å². The number of sulfonamides is 1. The van der Waals surface area contributed by atoms with Gasteiger partial charge in [-0.25, -0.2) is 4.79 Å². The topological polar surface area (TPSA) is 106 Å². The minimum absolute atomic E-state index is 0.177. The van der Waals surface area contributed by atoms with Gasteiger partial charge in [0.2, 0.25) is 0 Å². The normalized spacial score (nSPS) is 17.0. The Morgan fingerprint density at radius 3 is 2.57 bits per heavy atom. The minimum Gasteiger partial charge on any atom is -0.442 e. The number of aromatic nitrogens is 2. The number of fused-ring (bicyclic) bond motifs is 1. The number of carbonyl (C=O) groups is 1. The van der Waals surface area contributed by atoms with Gasteiger partial charge in [0.05, 0.1) is 23.1 Å².